The third-order valence-electron chi connectivity index (χ3n) is 3.15. The summed E-state index contributed by atoms with van der Waals surface area (Å²) in [7, 11) is -2.60. The number of hydrogen-bond acceptors (Lipinski definition) is 5. The van der Waals surface area contributed by atoms with Gasteiger partial charge in [-0.2, -0.15) is 0 Å². The fraction of sp³-hybridized carbons (Fsp3) is 0.133. The molecule has 4 N–H and O–H groups in total. The molecule has 2 aromatic carbocycles. The minimum absolute atomic E-state index is 0.0148. The lowest BCUT2D eigenvalue weighted by Crippen LogP contribution is -2.16. The average Bonchev–Trinajstić information content (AvgIpc) is 2.48. The highest BCUT2D eigenvalue weighted by atomic mass is 32.2. The molecule has 0 radical (unpaired) electrons. The highest BCUT2D eigenvalue weighted by Gasteiger charge is 2.18. The average molecular weight is 336 g/mol. The van der Waals surface area contributed by atoms with Crippen LogP contribution in [-0.2, 0) is 10.0 Å². The van der Waals surface area contributed by atoms with Crippen molar-refractivity contribution in [1.82, 2.24) is 0 Å². The maximum atomic E-state index is 12.4. The molecule has 2 aromatic rings. The summed E-state index contributed by atoms with van der Waals surface area (Å²) in [4.78, 5) is 12.2. The minimum Gasteiger partial charge on any atom is -0.506 e. The molecule has 0 aliphatic rings. The summed E-state index contributed by atoms with van der Waals surface area (Å²) in [5, 5.41) is 17.4. The van der Waals surface area contributed by atoms with E-state index in [-0.39, 0.29) is 27.6 Å². The molecule has 0 spiro atoms. The Kier molecular flexibility index (Phi) is 4.57. The fourth-order valence-electron chi connectivity index (χ4n) is 1.98. The largest absolute Gasteiger partial charge is 0.506 e. The van der Waals surface area contributed by atoms with E-state index in [0.29, 0.717) is 0 Å². The zero-order valence-corrected chi connectivity index (χ0v) is 13.3. The van der Waals surface area contributed by atoms with Crippen LogP contribution < -0.4 is 15.2 Å². The van der Waals surface area contributed by atoms with Gasteiger partial charge in [-0.15, -0.1) is 0 Å². The number of aryl methyl sites for hydroxylation is 1. The second-order valence-corrected chi connectivity index (χ2v) is 6.44. The first kappa shape index (κ1) is 16.8. The van der Waals surface area contributed by atoms with E-state index < -0.39 is 15.9 Å². The molecule has 0 atom stereocenters. The molecule has 0 aliphatic heterocycles. The monoisotopic (exact) mass is 336 g/mol. The standard InChI is InChI=1S/C15H16N2O5S/c1-9-3-5-12(13(18)7-9)17-15(19)11-8-10(23(16,20)21)4-6-14(11)22-2/h3-8,18H,1-2H3,(H,17,19)(H2,16,20,21). The van der Waals surface area contributed by atoms with Gasteiger partial charge in [0.05, 0.1) is 23.3 Å². The number of nitrogens with one attached hydrogen (secondary N) is 1. The van der Waals surface area contributed by atoms with E-state index in [2.05, 4.69) is 5.32 Å². The molecule has 122 valence electrons. The summed E-state index contributed by atoms with van der Waals surface area (Å²) in [6.07, 6.45) is 0. The zero-order chi connectivity index (χ0) is 17.2. The smallest absolute Gasteiger partial charge is 0.259 e. The summed E-state index contributed by atoms with van der Waals surface area (Å²) in [5.41, 5.74) is 1.01. The molecule has 23 heavy (non-hydrogen) atoms. The lowest BCUT2D eigenvalue weighted by atomic mass is 10.1. The lowest BCUT2D eigenvalue weighted by molar-refractivity contribution is 0.102. The second kappa shape index (κ2) is 6.27. The fourth-order valence-corrected chi connectivity index (χ4v) is 2.52. The van der Waals surface area contributed by atoms with Crippen LogP contribution >= 0.6 is 0 Å². The second-order valence-electron chi connectivity index (χ2n) is 4.88. The molecule has 0 bridgehead atoms. The number of benzene rings is 2. The van der Waals surface area contributed by atoms with Crippen LogP contribution in [0.4, 0.5) is 5.69 Å². The summed E-state index contributed by atoms with van der Waals surface area (Å²) < 4.78 is 27.9. The maximum Gasteiger partial charge on any atom is 0.259 e. The Labute approximate surface area is 133 Å². The van der Waals surface area contributed by atoms with Gasteiger partial charge < -0.3 is 15.2 Å². The normalized spacial score (nSPS) is 11.1. The Bertz CT molecular complexity index is 862. The van der Waals surface area contributed by atoms with Crippen molar-refractivity contribution in [2.24, 2.45) is 5.14 Å². The number of carbonyl (C=O) groups excluding carboxylic acids is 1. The first-order valence-electron chi connectivity index (χ1n) is 6.54. The van der Waals surface area contributed by atoms with E-state index >= 15 is 0 Å². The number of methoxy groups -OCH3 is 1. The van der Waals surface area contributed by atoms with Gasteiger partial charge in [-0.25, -0.2) is 13.6 Å². The molecule has 8 heteroatoms. The van der Waals surface area contributed by atoms with Crippen molar-refractivity contribution < 1.29 is 23.1 Å². The Morgan fingerprint density at radius 1 is 1.22 bits per heavy atom. The number of sulfonamides is 1. The number of carbonyl (C=O) groups is 1. The maximum absolute atomic E-state index is 12.4. The Morgan fingerprint density at radius 2 is 1.91 bits per heavy atom. The van der Waals surface area contributed by atoms with Crippen LogP contribution in [0.2, 0.25) is 0 Å². The van der Waals surface area contributed by atoms with Crippen LogP contribution in [0.25, 0.3) is 0 Å². The molecular weight excluding hydrogens is 320 g/mol. The number of amides is 1. The third kappa shape index (κ3) is 3.79. The molecule has 0 aromatic heterocycles. The molecule has 0 heterocycles. The summed E-state index contributed by atoms with van der Waals surface area (Å²) in [6.45, 7) is 1.80. The van der Waals surface area contributed by atoms with Gasteiger partial charge in [-0.3, -0.25) is 4.79 Å². The van der Waals surface area contributed by atoms with E-state index in [1.807, 2.05) is 0 Å². The number of anilines is 1. The topological polar surface area (TPSA) is 119 Å². The predicted molar refractivity (Wildman–Crippen MR) is 85.2 cm³/mol. The number of nitrogens with two attached hydrogens (primary N) is 1. The zero-order valence-electron chi connectivity index (χ0n) is 12.5. The lowest BCUT2D eigenvalue weighted by Gasteiger charge is -2.12. The SMILES string of the molecule is COc1ccc(S(N)(=O)=O)cc1C(=O)Nc1ccc(C)cc1O. The highest BCUT2D eigenvalue weighted by molar-refractivity contribution is 7.89. The third-order valence-corrected chi connectivity index (χ3v) is 4.06. The Hall–Kier alpha value is -2.58. The van der Waals surface area contributed by atoms with Crippen molar-refractivity contribution in [2.75, 3.05) is 12.4 Å². The van der Waals surface area contributed by atoms with E-state index in [0.717, 1.165) is 11.6 Å². The van der Waals surface area contributed by atoms with E-state index in [4.69, 9.17) is 9.88 Å². The van der Waals surface area contributed by atoms with Gasteiger partial charge in [0.25, 0.3) is 5.91 Å². The predicted octanol–water partition coefficient (Wildman–Crippen LogP) is 1.61. The van der Waals surface area contributed by atoms with Crippen molar-refractivity contribution in [1.29, 1.82) is 0 Å². The first-order chi connectivity index (χ1) is 10.7. The van der Waals surface area contributed by atoms with Gasteiger partial charge in [0.1, 0.15) is 11.5 Å². The van der Waals surface area contributed by atoms with E-state index in [1.165, 1.54) is 25.3 Å². The van der Waals surface area contributed by atoms with E-state index in [1.54, 1.807) is 19.1 Å². The highest BCUT2D eigenvalue weighted by Crippen LogP contribution is 2.27. The molecule has 0 saturated carbocycles. The minimum atomic E-state index is -3.96. The van der Waals surface area contributed by atoms with Crippen LogP contribution in [0.1, 0.15) is 15.9 Å². The van der Waals surface area contributed by atoms with Gasteiger partial charge in [0.15, 0.2) is 0 Å². The van der Waals surface area contributed by atoms with E-state index in [9.17, 15) is 18.3 Å². The van der Waals surface area contributed by atoms with Gasteiger partial charge in [-0.1, -0.05) is 6.07 Å². The van der Waals surface area contributed by atoms with Crippen LogP contribution in [-0.4, -0.2) is 26.5 Å². The molecule has 1 amide bonds. The number of hydrogen-bond donors (Lipinski definition) is 3. The van der Waals surface area contributed by atoms with Gasteiger partial charge in [0.2, 0.25) is 10.0 Å². The van der Waals surface area contributed by atoms with Crippen LogP contribution in [0.3, 0.4) is 0 Å². The Morgan fingerprint density at radius 3 is 2.48 bits per heavy atom. The van der Waals surface area contributed by atoms with Crippen molar-refractivity contribution in [3.8, 4) is 11.5 Å². The summed E-state index contributed by atoms with van der Waals surface area (Å²) in [6, 6.07) is 8.45. The van der Waals surface area contributed by atoms with Crippen molar-refractivity contribution in [3.05, 3.63) is 47.5 Å². The quantitative estimate of drug-likeness (QED) is 0.733. The van der Waals surface area contributed by atoms with Gasteiger partial charge in [0, 0.05) is 0 Å². The Balaban J connectivity index is 2.41. The van der Waals surface area contributed by atoms with Crippen molar-refractivity contribution in [2.45, 2.75) is 11.8 Å². The first-order valence-corrected chi connectivity index (χ1v) is 8.09. The molecular formula is C15H16N2O5S. The van der Waals surface area contributed by atoms with Crippen LogP contribution in [0.5, 0.6) is 11.5 Å². The number of ether oxygens (including phenoxy) is 1. The molecule has 0 unspecified atom stereocenters. The van der Waals surface area contributed by atoms with Crippen molar-refractivity contribution in [3.63, 3.8) is 0 Å². The van der Waals surface area contributed by atoms with Gasteiger partial charge in [-0.05, 0) is 42.8 Å². The molecule has 2 rings (SSSR count). The molecule has 7 nitrogen and oxygen atoms in total. The number of aromatic hydroxyl groups is 1. The molecule has 0 fully saturated rings. The van der Waals surface area contributed by atoms with Crippen LogP contribution in [0.15, 0.2) is 41.3 Å². The van der Waals surface area contributed by atoms with Gasteiger partial charge >= 0.3 is 0 Å². The molecule has 0 aliphatic carbocycles. The number of rotatable bonds is 4. The summed E-state index contributed by atoms with van der Waals surface area (Å²) in [5.74, 6) is -0.548. The van der Waals surface area contributed by atoms with Crippen LogP contribution in [0, 0.1) is 6.92 Å². The summed E-state index contributed by atoms with van der Waals surface area (Å²) >= 11 is 0. The van der Waals surface area contributed by atoms with Crippen molar-refractivity contribution >= 4 is 21.6 Å². The molecule has 0 saturated heterocycles. The number of primary sulfonamides is 1. The number of phenolic OH excluding ortho intramolecular Hbond substituents is 1. The number of phenols is 1.